The van der Waals surface area contributed by atoms with Crippen molar-refractivity contribution in [3.63, 3.8) is 0 Å². The summed E-state index contributed by atoms with van der Waals surface area (Å²) in [7, 11) is 0. The Labute approximate surface area is 533 Å². The summed E-state index contributed by atoms with van der Waals surface area (Å²) < 4.78 is 15.2. The minimum Gasteiger partial charge on any atom is -0.454 e. The highest BCUT2D eigenvalue weighted by Gasteiger charge is 2.30. The molecule has 12 aromatic rings. The molecule has 4 heterocycles. The Morgan fingerprint density at radius 3 is 2.00 bits per heavy atom. The molecular weight excluding hydrogens is 1100 g/mol. The maximum Gasteiger partial charge on any atom is 0.159 e. The van der Waals surface area contributed by atoms with Crippen LogP contribution in [0.15, 0.2) is 281 Å². The van der Waals surface area contributed by atoms with Crippen LogP contribution in [0.25, 0.3) is 93.8 Å². The lowest BCUT2D eigenvalue weighted by Gasteiger charge is -2.29. The van der Waals surface area contributed by atoms with E-state index < -0.39 is 0 Å². The predicted octanol–water partition coefficient (Wildman–Crippen LogP) is 25.4. The molecule has 442 valence electrons. The number of nitrogens with zero attached hydrogens (tertiary/aromatic N) is 2. The monoisotopic (exact) mass is 1180 g/mol. The average molecular weight is 1180 g/mol. The van der Waals surface area contributed by atoms with Crippen molar-refractivity contribution in [2.24, 2.45) is 0 Å². The first-order valence-corrected chi connectivity index (χ1v) is 32.6. The topological polar surface area (TPSA) is 32.8 Å². The van der Waals surface area contributed by atoms with Crippen LogP contribution in [0.1, 0.15) is 111 Å². The van der Waals surface area contributed by atoms with E-state index in [4.69, 9.17) is 8.83 Å². The van der Waals surface area contributed by atoms with Crippen molar-refractivity contribution in [1.82, 2.24) is 0 Å². The zero-order chi connectivity index (χ0) is 61.3. The van der Waals surface area contributed by atoms with Gasteiger partial charge in [-0.25, -0.2) is 0 Å². The van der Waals surface area contributed by atoms with E-state index >= 15 is 0 Å². The van der Waals surface area contributed by atoms with Crippen molar-refractivity contribution in [2.75, 3.05) is 9.80 Å². The molecule has 0 amide bonds. The van der Waals surface area contributed by atoms with Crippen molar-refractivity contribution < 1.29 is 8.83 Å². The van der Waals surface area contributed by atoms with Gasteiger partial charge >= 0.3 is 0 Å². The number of anilines is 6. The molecule has 91 heavy (non-hydrogen) atoms. The van der Waals surface area contributed by atoms with Crippen LogP contribution in [0.2, 0.25) is 0 Å². The molecule has 2 aliphatic carbocycles. The maximum atomic E-state index is 7.62. The fourth-order valence-corrected chi connectivity index (χ4v) is 15.6. The van der Waals surface area contributed by atoms with E-state index in [1.165, 1.54) is 44.5 Å². The second-order valence-electron chi connectivity index (χ2n) is 25.3. The van der Waals surface area contributed by atoms with Gasteiger partial charge in [-0.15, -0.1) is 0 Å². The lowest BCUT2D eigenvalue weighted by Crippen LogP contribution is -2.12. The predicted molar refractivity (Wildman–Crippen MR) is 388 cm³/mol. The summed E-state index contributed by atoms with van der Waals surface area (Å²) in [5, 5.41) is 9.01. The molecule has 0 spiro atoms. The van der Waals surface area contributed by atoms with Crippen LogP contribution in [0.4, 0.5) is 34.1 Å². The summed E-state index contributed by atoms with van der Waals surface area (Å²) >= 11 is 0. The summed E-state index contributed by atoms with van der Waals surface area (Å²) in [5.41, 5.74) is 25.6. The number of furan rings is 2. The van der Waals surface area contributed by atoms with Crippen molar-refractivity contribution in [3.05, 3.63) is 306 Å². The first-order chi connectivity index (χ1) is 44.8. The van der Waals surface area contributed by atoms with Gasteiger partial charge in [0, 0.05) is 44.0 Å². The minimum atomic E-state index is 0.238. The Balaban J connectivity index is 1.07. The number of fused-ring (bicyclic) bond motifs is 15. The molecule has 2 aromatic heterocycles. The van der Waals surface area contributed by atoms with E-state index in [1.807, 2.05) is 12.2 Å². The second-order valence-corrected chi connectivity index (χ2v) is 25.3. The zero-order valence-electron chi connectivity index (χ0n) is 52.1. The Kier molecular flexibility index (Phi) is 14.2. The van der Waals surface area contributed by atoms with Crippen LogP contribution in [-0.2, 0) is 6.42 Å². The van der Waals surface area contributed by atoms with Crippen molar-refractivity contribution in [3.8, 4) is 11.1 Å². The summed E-state index contributed by atoms with van der Waals surface area (Å²) in [6.45, 7) is 15.3. The van der Waals surface area contributed by atoms with Gasteiger partial charge in [0.05, 0.1) is 17.1 Å². The van der Waals surface area contributed by atoms with Crippen molar-refractivity contribution in [1.29, 1.82) is 0 Å². The van der Waals surface area contributed by atoms with Gasteiger partial charge in [0.1, 0.15) is 11.2 Å². The van der Waals surface area contributed by atoms with Crippen LogP contribution < -0.4 is 9.80 Å². The summed E-state index contributed by atoms with van der Waals surface area (Å²) in [6.07, 6.45) is 31.9. The molecule has 16 rings (SSSR count). The summed E-state index contributed by atoms with van der Waals surface area (Å²) in [5.74, 6) is 0.498. The van der Waals surface area contributed by atoms with Gasteiger partial charge < -0.3 is 18.6 Å². The third-order valence-electron chi connectivity index (χ3n) is 19.8. The van der Waals surface area contributed by atoms with Gasteiger partial charge in [0.25, 0.3) is 0 Å². The van der Waals surface area contributed by atoms with Crippen LogP contribution >= 0.6 is 0 Å². The third-order valence-corrected chi connectivity index (χ3v) is 19.8. The number of hydrogen-bond donors (Lipinski definition) is 0. The normalized spacial score (nSPS) is 17.0. The van der Waals surface area contributed by atoms with Gasteiger partial charge in [0.2, 0.25) is 0 Å². The van der Waals surface area contributed by atoms with Crippen molar-refractivity contribution in [2.45, 2.75) is 84.0 Å². The van der Waals surface area contributed by atoms with E-state index in [0.717, 1.165) is 179 Å². The van der Waals surface area contributed by atoms with E-state index in [-0.39, 0.29) is 11.8 Å². The number of allylic oxidation sites excluding steroid dienone is 15. The third kappa shape index (κ3) is 9.76. The Morgan fingerprint density at radius 1 is 0.527 bits per heavy atom. The Hall–Kier alpha value is -10.4. The molecule has 4 nitrogen and oxygen atoms in total. The van der Waals surface area contributed by atoms with E-state index in [9.17, 15) is 0 Å². The number of rotatable bonds is 7. The highest BCUT2D eigenvalue weighted by molar-refractivity contribution is 6.19. The molecule has 2 atom stereocenters. The van der Waals surface area contributed by atoms with Gasteiger partial charge in [0.15, 0.2) is 11.2 Å². The lowest BCUT2D eigenvalue weighted by molar-refractivity contribution is 0.614. The molecule has 2 unspecified atom stereocenters. The molecule has 0 saturated heterocycles. The SMILES string of the molecule is C=C/C=C(\C=CC)c1cc2cc(c1)N1c3ccc(/C=C\C)c4c3ccc3ccc(cc34)N(c3cc(cc(-c4ccccc4)c3)CC3=CCC=C(C3)CC(CC)c3cccc4c3oc3c1cccc34)c1cccc3c1oc1c(cccc13)C1CC=C(CC=C2C=C)C1. The summed E-state index contributed by atoms with van der Waals surface area (Å²) in [6, 6.07) is 68.8. The fraction of sp³-hybridized carbons (Fsp3) is 0.149. The maximum absolute atomic E-state index is 7.62. The number of hydrogen-bond acceptors (Lipinski definition) is 4. The molecule has 19 bridgehead atoms. The largest absolute Gasteiger partial charge is 0.454 e. The van der Waals surface area contributed by atoms with E-state index in [0.29, 0.717) is 0 Å². The summed E-state index contributed by atoms with van der Waals surface area (Å²) in [4.78, 5) is 4.98. The smallest absolute Gasteiger partial charge is 0.159 e. The van der Waals surface area contributed by atoms with Crippen LogP contribution in [0.3, 0.4) is 0 Å². The molecule has 4 aliphatic rings. The van der Waals surface area contributed by atoms with Crippen LogP contribution in [0, 0.1) is 0 Å². The highest BCUT2D eigenvalue weighted by atomic mass is 16.3. The van der Waals surface area contributed by atoms with Crippen molar-refractivity contribution >= 4 is 117 Å². The number of benzene rings is 10. The van der Waals surface area contributed by atoms with Crippen LogP contribution in [0.5, 0.6) is 0 Å². The Morgan fingerprint density at radius 2 is 1.24 bits per heavy atom. The average Bonchev–Trinajstić information content (AvgIpc) is 1.87. The Bertz CT molecular complexity index is 5220. The molecule has 2 aliphatic heterocycles. The van der Waals surface area contributed by atoms with E-state index in [2.05, 4.69) is 280 Å². The quantitative estimate of drug-likeness (QED) is 0.0904. The first kappa shape index (κ1) is 55.9. The van der Waals surface area contributed by atoms with Gasteiger partial charge in [-0.1, -0.05) is 225 Å². The van der Waals surface area contributed by atoms with Crippen LogP contribution in [-0.4, -0.2) is 0 Å². The molecule has 0 N–H and O–H groups in total. The standard InChI is InChI=1S/C87H72N2O2/c1-6-19-61(20-7-2)68-50-67-52-71(53-68)89-80-43-40-64(21-8-3)83-78(80)42-39-63-38-41-69(54-79(63)83)88(81-32-17-30-76-75-29-16-27-73(85(75)91-86(76)81)65-37-35-55(46-65)34-36-59(67)9-4)70-49-58(48-66(51-70)62-24-12-11-13-25-62)45-56-22-14-23-57(44-56)47-60(10-5)72-26-15-28-74-77-31-18-33-82(89)87(77)90-84(72)74/h6-9,11-13,15-33,35-36,38-43,48-54,60,65H,1,4,10,14,34,37,44-47H2,2-3,5H3/b20-7?,21-8-,59-36?,61-19+. The molecule has 10 aromatic carbocycles. The molecule has 0 radical (unpaired) electrons. The second kappa shape index (κ2) is 23.2. The zero-order valence-corrected chi connectivity index (χ0v) is 52.1. The van der Waals surface area contributed by atoms with Gasteiger partial charge in [-0.2, -0.15) is 0 Å². The fourth-order valence-electron chi connectivity index (χ4n) is 15.6. The lowest BCUT2D eigenvalue weighted by atomic mass is 9.83. The molecule has 0 saturated carbocycles. The molecular formula is C87H72N2O2. The highest BCUT2D eigenvalue weighted by Crippen LogP contribution is 2.52. The minimum absolute atomic E-state index is 0.238. The molecule has 4 heteroatoms. The van der Waals surface area contributed by atoms with E-state index in [1.54, 1.807) is 0 Å². The first-order valence-electron chi connectivity index (χ1n) is 32.6. The molecule has 0 fully saturated rings. The number of para-hydroxylation sites is 4. The van der Waals surface area contributed by atoms with Gasteiger partial charge in [-0.3, -0.25) is 0 Å². The van der Waals surface area contributed by atoms with Gasteiger partial charge in [-0.05, 0) is 210 Å².